The smallest absolute Gasteiger partial charge is 0.316 e. The minimum absolute atomic E-state index is 0.157. The van der Waals surface area contributed by atoms with Crippen molar-refractivity contribution in [2.24, 2.45) is 5.92 Å². The van der Waals surface area contributed by atoms with Crippen LogP contribution in [0.3, 0.4) is 0 Å². The maximum absolute atomic E-state index is 13.3. The van der Waals surface area contributed by atoms with Gasteiger partial charge in [-0.2, -0.15) is 0 Å². The highest BCUT2D eigenvalue weighted by Gasteiger charge is 2.30. The van der Waals surface area contributed by atoms with Crippen LogP contribution >= 0.6 is 11.8 Å². The van der Waals surface area contributed by atoms with Crippen LogP contribution in [0.15, 0.2) is 71.6 Å². The summed E-state index contributed by atoms with van der Waals surface area (Å²) in [5.41, 5.74) is 2.21. The number of ether oxygens (including phenoxy) is 1. The van der Waals surface area contributed by atoms with Crippen molar-refractivity contribution in [3.05, 3.63) is 77.9 Å². The number of likely N-dealkylation sites (tertiary alicyclic amines) is 2. The number of piperidine rings is 2. The zero-order valence-electron chi connectivity index (χ0n) is 22.3. The van der Waals surface area contributed by atoms with Crippen molar-refractivity contribution in [1.82, 2.24) is 9.80 Å². The van der Waals surface area contributed by atoms with E-state index >= 15 is 0 Å². The lowest BCUT2D eigenvalue weighted by Crippen LogP contribution is -2.49. The number of hydrogen-bond acceptors (Lipinski definition) is 5. The number of amides is 1. The number of nitrogens with zero attached hydrogens (tertiary/aromatic N) is 2. The van der Waals surface area contributed by atoms with Crippen molar-refractivity contribution >= 4 is 34.4 Å². The Balaban J connectivity index is 1.06. The number of hydrogen-bond donors (Lipinski definition) is 0. The maximum Gasteiger partial charge on any atom is 0.316 e. The predicted octanol–water partition coefficient (Wildman–Crippen LogP) is 6.05. The molecule has 2 fully saturated rings. The second-order valence-corrected chi connectivity index (χ2v) is 11.5. The summed E-state index contributed by atoms with van der Waals surface area (Å²) in [4.78, 5) is 30.7. The highest BCUT2D eigenvalue weighted by molar-refractivity contribution is 8.00. The molecule has 0 bridgehead atoms. The van der Waals surface area contributed by atoms with E-state index in [4.69, 9.17) is 4.74 Å². The van der Waals surface area contributed by atoms with Gasteiger partial charge >= 0.3 is 5.97 Å². The summed E-state index contributed by atoms with van der Waals surface area (Å²) < 4.78 is 5.01. The first kappa shape index (κ1) is 26.8. The summed E-state index contributed by atoms with van der Waals surface area (Å²) in [6.45, 7) is 6.25. The van der Waals surface area contributed by atoms with Gasteiger partial charge in [0.1, 0.15) is 0 Å². The predicted molar refractivity (Wildman–Crippen MR) is 155 cm³/mol. The molecule has 2 aliphatic heterocycles. The molecule has 38 heavy (non-hydrogen) atoms. The summed E-state index contributed by atoms with van der Waals surface area (Å²) in [6.07, 6.45) is 5.70. The second-order valence-electron chi connectivity index (χ2n) is 10.5. The van der Waals surface area contributed by atoms with Crippen LogP contribution in [-0.4, -0.2) is 66.3 Å². The van der Waals surface area contributed by atoms with Crippen molar-refractivity contribution in [2.45, 2.75) is 50.0 Å². The van der Waals surface area contributed by atoms with Crippen LogP contribution in [-0.2, 0) is 16.0 Å². The molecule has 1 amide bonds. The Bertz CT molecular complexity index is 1220. The molecule has 6 heteroatoms. The number of rotatable bonds is 8. The third kappa shape index (κ3) is 6.59. The SMILES string of the molecule is CCOC(=O)CSc1ccc(CC2CCN(C3CCN(C(=O)c4cccc5ccccc45)CC3)CC2)cc1. The molecule has 5 nitrogen and oxygen atoms in total. The average Bonchev–Trinajstić information content (AvgIpc) is 2.97. The van der Waals surface area contributed by atoms with Crippen molar-refractivity contribution < 1.29 is 14.3 Å². The number of esters is 1. The van der Waals surface area contributed by atoms with E-state index in [1.807, 2.05) is 31.2 Å². The van der Waals surface area contributed by atoms with E-state index in [9.17, 15) is 9.59 Å². The van der Waals surface area contributed by atoms with Gasteiger partial charge in [-0.05, 0) is 92.6 Å². The lowest BCUT2D eigenvalue weighted by atomic mass is 9.88. The summed E-state index contributed by atoms with van der Waals surface area (Å²) in [7, 11) is 0. The zero-order chi connectivity index (χ0) is 26.3. The fourth-order valence-electron chi connectivity index (χ4n) is 5.94. The van der Waals surface area contributed by atoms with Gasteiger partial charge < -0.3 is 14.5 Å². The van der Waals surface area contributed by atoms with Crippen LogP contribution in [0.25, 0.3) is 10.8 Å². The van der Waals surface area contributed by atoms with Crippen molar-refractivity contribution in [2.75, 3.05) is 38.5 Å². The molecule has 2 heterocycles. The molecule has 2 saturated heterocycles. The first-order valence-corrected chi connectivity index (χ1v) is 15.0. The summed E-state index contributed by atoms with van der Waals surface area (Å²) >= 11 is 1.53. The van der Waals surface area contributed by atoms with Crippen LogP contribution in [0.2, 0.25) is 0 Å². The Morgan fingerprint density at radius 3 is 2.32 bits per heavy atom. The minimum atomic E-state index is -0.157. The summed E-state index contributed by atoms with van der Waals surface area (Å²) in [5.74, 6) is 1.10. The fourth-order valence-corrected chi connectivity index (χ4v) is 6.63. The highest BCUT2D eigenvalue weighted by atomic mass is 32.2. The lowest BCUT2D eigenvalue weighted by Gasteiger charge is -2.42. The van der Waals surface area contributed by atoms with Gasteiger partial charge in [-0.1, -0.05) is 48.5 Å². The molecule has 0 unspecified atom stereocenters. The van der Waals surface area contributed by atoms with E-state index in [0.717, 1.165) is 72.6 Å². The molecule has 0 spiro atoms. The normalized spacial score (nSPS) is 17.6. The number of carbonyl (C=O) groups is 2. The van der Waals surface area contributed by atoms with E-state index < -0.39 is 0 Å². The zero-order valence-corrected chi connectivity index (χ0v) is 23.1. The Morgan fingerprint density at radius 1 is 0.868 bits per heavy atom. The van der Waals surface area contributed by atoms with Gasteiger partial charge in [0.25, 0.3) is 5.91 Å². The van der Waals surface area contributed by atoms with Gasteiger partial charge in [-0.15, -0.1) is 11.8 Å². The first-order valence-electron chi connectivity index (χ1n) is 14.0. The van der Waals surface area contributed by atoms with Gasteiger partial charge in [0.2, 0.25) is 0 Å². The molecule has 200 valence electrons. The number of thioether (sulfide) groups is 1. The molecule has 0 atom stereocenters. The lowest BCUT2D eigenvalue weighted by molar-refractivity contribution is -0.139. The molecule has 0 aliphatic carbocycles. The molecular weight excluding hydrogens is 492 g/mol. The molecule has 3 aromatic rings. The van der Waals surface area contributed by atoms with Gasteiger partial charge in [0.15, 0.2) is 0 Å². The van der Waals surface area contributed by atoms with Gasteiger partial charge in [-0.25, -0.2) is 0 Å². The Labute approximate surface area is 230 Å². The van der Waals surface area contributed by atoms with Crippen LogP contribution < -0.4 is 0 Å². The molecular formula is C32H38N2O3S. The quantitative estimate of drug-likeness (QED) is 0.262. The Morgan fingerprint density at radius 2 is 1.58 bits per heavy atom. The molecule has 0 saturated carbocycles. The standard InChI is InChI=1S/C32H38N2O3S/c1-2-37-31(35)23-38-28-12-10-24(11-13-28)22-25-14-18-33(19-15-25)27-16-20-34(21-17-27)32(36)30-9-5-7-26-6-3-4-8-29(26)30/h3-13,25,27H,2,14-23H2,1H3. The van der Waals surface area contributed by atoms with E-state index in [-0.39, 0.29) is 11.9 Å². The third-order valence-electron chi connectivity index (χ3n) is 8.05. The Hall–Kier alpha value is -2.83. The molecule has 0 aromatic heterocycles. The van der Waals surface area contributed by atoms with E-state index in [1.165, 1.54) is 30.2 Å². The number of fused-ring (bicyclic) bond motifs is 1. The van der Waals surface area contributed by atoms with Gasteiger partial charge in [0.05, 0.1) is 12.4 Å². The van der Waals surface area contributed by atoms with Crippen LogP contribution in [0.4, 0.5) is 0 Å². The largest absolute Gasteiger partial charge is 0.465 e. The van der Waals surface area contributed by atoms with Crippen LogP contribution in [0.5, 0.6) is 0 Å². The van der Waals surface area contributed by atoms with E-state index in [2.05, 4.69) is 52.3 Å². The molecule has 5 rings (SSSR count). The molecule has 0 radical (unpaired) electrons. The number of carbonyl (C=O) groups excluding carboxylic acids is 2. The second kappa shape index (κ2) is 12.8. The fraction of sp³-hybridized carbons (Fsp3) is 0.438. The van der Waals surface area contributed by atoms with E-state index in [1.54, 1.807) is 0 Å². The number of benzene rings is 3. The minimum Gasteiger partial charge on any atom is -0.465 e. The third-order valence-corrected chi connectivity index (χ3v) is 9.03. The summed E-state index contributed by atoms with van der Waals surface area (Å²) in [5, 5.41) is 2.18. The molecule has 3 aromatic carbocycles. The van der Waals surface area contributed by atoms with Crippen molar-refractivity contribution in [3.63, 3.8) is 0 Å². The highest BCUT2D eigenvalue weighted by Crippen LogP contribution is 2.28. The topological polar surface area (TPSA) is 49.9 Å². The molecule has 2 aliphatic rings. The van der Waals surface area contributed by atoms with Gasteiger partial charge in [-0.3, -0.25) is 9.59 Å². The van der Waals surface area contributed by atoms with Crippen LogP contribution in [0.1, 0.15) is 48.5 Å². The van der Waals surface area contributed by atoms with Gasteiger partial charge in [0, 0.05) is 29.6 Å². The molecule has 0 N–H and O–H groups in total. The van der Waals surface area contributed by atoms with Crippen LogP contribution in [0, 0.1) is 5.92 Å². The monoisotopic (exact) mass is 530 g/mol. The van der Waals surface area contributed by atoms with E-state index in [0.29, 0.717) is 18.4 Å². The Kier molecular flexibility index (Phi) is 9.02. The maximum atomic E-state index is 13.3. The van der Waals surface area contributed by atoms with Crippen molar-refractivity contribution in [1.29, 1.82) is 0 Å². The first-order chi connectivity index (χ1) is 18.6. The van der Waals surface area contributed by atoms with Crippen molar-refractivity contribution in [3.8, 4) is 0 Å². The summed E-state index contributed by atoms with van der Waals surface area (Å²) in [6, 6.07) is 23.5. The average molecular weight is 531 g/mol.